The number of nitrogens with zero attached hydrogens (tertiary/aromatic N) is 7. The number of imide groups is 1. The van der Waals surface area contributed by atoms with E-state index in [1.165, 1.54) is 22.7 Å². The lowest BCUT2D eigenvalue weighted by molar-refractivity contribution is -0.136. The van der Waals surface area contributed by atoms with Crippen LogP contribution in [0.1, 0.15) is 124 Å². The Kier molecular flexibility index (Phi) is 13.8. The predicted octanol–water partition coefficient (Wildman–Crippen LogP) is 6.63. The van der Waals surface area contributed by atoms with Crippen molar-refractivity contribution >= 4 is 58.2 Å². The van der Waals surface area contributed by atoms with Gasteiger partial charge >= 0.3 is 0 Å². The van der Waals surface area contributed by atoms with Crippen molar-refractivity contribution in [3.63, 3.8) is 0 Å². The van der Waals surface area contributed by atoms with Crippen LogP contribution in [0.3, 0.4) is 0 Å². The molecule has 0 radical (unpaired) electrons. The summed E-state index contributed by atoms with van der Waals surface area (Å²) in [6, 6.07) is 20.7. The van der Waals surface area contributed by atoms with Crippen molar-refractivity contribution in [3.05, 3.63) is 136 Å². The van der Waals surface area contributed by atoms with Gasteiger partial charge in [0, 0.05) is 84.9 Å². The monoisotopic (exact) mass is 977 g/mol. The fourth-order valence-corrected chi connectivity index (χ4v) is 11.2. The summed E-state index contributed by atoms with van der Waals surface area (Å²) in [6.45, 7) is 5.55. The van der Waals surface area contributed by atoms with Gasteiger partial charge in [0.05, 0.1) is 29.5 Å². The molecule has 2 saturated heterocycles. The molecule has 3 fully saturated rings. The number of fused-ring (bicyclic) bond motifs is 1. The largest absolute Gasteiger partial charge is 0.369 e. The van der Waals surface area contributed by atoms with Crippen molar-refractivity contribution in [2.75, 3.05) is 36.4 Å². The summed E-state index contributed by atoms with van der Waals surface area (Å²) < 4.78 is 15.7. The fraction of sp³-hybridized carbons (Fsp3) is 0.377. The molecular weight excluding hydrogens is 922 g/mol. The maximum Gasteiger partial charge on any atom is 0.272 e. The highest BCUT2D eigenvalue weighted by molar-refractivity contribution is 7.99. The zero-order valence-electron chi connectivity index (χ0n) is 39.5. The third-order valence-electron chi connectivity index (χ3n) is 14.5. The van der Waals surface area contributed by atoms with Crippen molar-refractivity contribution in [2.45, 2.75) is 111 Å². The summed E-state index contributed by atoms with van der Waals surface area (Å²) in [7, 11) is 0. The molecule has 5 aromatic rings. The predicted molar refractivity (Wildman–Crippen MR) is 266 cm³/mol. The number of carbonyl (C=O) groups is 5. The number of nitrogens with one attached hydrogen (secondary N) is 3. The van der Waals surface area contributed by atoms with E-state index in [-0.39, 0.29) is 59.9 Å². The van der Waals surface area contributed by atoms with E-state index >= 15 is 4.39 Å². The van der Waals surface area contributed by atoms with Crippen molar-refractivity contribution in [1.29, 1.82) is 0 Å². The Balaban J connectivity index is 0.662. The number of aromatic nitrogens is 4. The number of piperidine rings is 2. The summed E-state index contributed by atoms with van der Waals surface area (Å²) >= 11 is 1.47. The normalized spacial score (nSPS) is 21.9. The quantitative estimate of drug-likeness (QED) is 0.0970. The molecule has 18 heteroatoms. The summed E-state index contributed by atoms with van der Waals surface area (Å²) in [4.78, 5) is 79.7. The van der Waals surface area contributed by atoms with Crippen LogP contribution in [-0.4, -0.2) is 103 Å². The third-order valence-corrected chi connectivity index (χ3v) is 15.5. The van der Waals surface area contributed by atoms with Crippen LogP contribution in [0.5, 0.6) is 0 Å². The van der Waals surface area contributed by atoms with Gasteiger partial charge in [-0.1, -0.05) is 36.0 Å². The lowest BCUT2D eigenvalue weighted by Gasteiger charge is -2.40. The van der Waals surface area contributed by atoms with Gasteiger partial charge in [0.2, 0.25) is 11.8 Å². The standard InChI is InChI=1S/C53H56FN11O5S/c1-53(55)19-13-33(14-20-53)44-29-57-48(30-56-44)71-39-4-2-3-37(27-39)59-49(67)35-6-10-45(41(54)26-35)64-23-17-38(18-24-64)63-21-15-34(16-22-63)42-8-9-43(62-61-42)50(68)58-28-32-5-7-40-36(25-32)31-65(52(40)70)46-11-12-47(66)60-51(46)69/h2-10,15,25-27,29-30,33,38,46H,11-14,16-24,28,31,55H2,1H3,(H,58,68)(H,59,67)(H,60,66,69). The second-order valence-corrected chi connectivity index (χ2v) is 20.6. The lowest BCUT2D eigenvalue weighted by atomic mass is 9.77. The Morgan fingerprint density at radius 3 is 2.44 bits per heavy atom. The minimum Gasteiger partial charge on any atom is -0.369 e. The summed E-state index contributed by atoms with van der Waals surface area (Å²) in [5, 5.41) is 17.5. The molecule has 6 heterocycles. The second kappa shape index (κ2) is 20.4. The molecule has 5 amide bonds. The number of anilines is 2. The molecule has 1 aliphatic carbocycles. The smallest absolute Gasteiger partial charge is 0.272 e. The van der Waals surface area contributed by atoms with E-state index in [9.17, 15) is 24.0 Å². The first-order valence-corrected chi connectivity index (χ1v) is 25.2. The molecule has 2 aromatic heterocycles. The number of hydrogen-bond donors (Lipinski definition) is 4. The minimum absolute atomic E-state index is 0.0992. The molecule has 71 heavy (non-hydrogen) atoms. The fourth-order valence-electron chi connectivity index (χ4n) is 10.4. The topological polar surface area (TPSA) is 209 Å². The molecule has 0 spiro atoms. The van der Waals surface area contributed by atoms with Crippen LogP contribution in [0.25, 0.3) is 5.57 Å². The Morgan fingerprint density at radius 2 is 1.72 bits per heavy atom. The lowest BCUT2D eigenvalue weighted by Crippen LogP contribution is -2.52. The summed E-state index contributed by atoms with van der Waals surface area (Å²) in [5.74, 6) is -1.85. The van der Waals surface area contributed by atoms with E-state index in [1.807, 2.05) is 42.6 Å². The van der Waals surface area contributed by atoms with Crippen LogP contribution >= 0.6 is 11.8 Å². The van der Waals surface area contributed by atoms with Crippen LogP contribution in [0.2, 0.25) is 0 Å². The summed E-state index contributed by atoms with van der Waals surface area (Å²) in [5.41, 5.74) is 12.6. The number of rotatable bonds is 12. The van der Waals surface area contributed by atoms with Crippen molar-refractivity contribution in [1.82, 2.24) is 40.6 Å². The summed E-state index contributed by atoms with van der Waals surface area (Å²) in [6.07, 6.45) is 12.8. The molecule has 16 nitrogen and oxygen atoms in total. The van der Waals surface area contributed by atoms with Crippen LogP contribution < -0.4 is 26.6 Å². The zero-order valence-corrected chi connectivity index (χ0v) is 40.4. The molecule has 366 valence electrons. The van der Waals surface area contributed by atoms with Crippen LogP contribution in [0, 0.1) is 5.82 Å². The van der Waals surface area contributed by atoms with Crippen LogP contribution in [-0.2, 0) is 22.7 Å². The average Bonchev–Trinajstić information content (AvgIpc) is 3.70. The van der Waals surface area contributed by atoms with E-state index < -0.39 is 17.8 Å². The average molecular weight is 978 g/mol. The van der Waals surface area contributed by atoms with Crippen molar-refractivity contribution < 1.29 is 28.4 Å². The van der Waals surface area contributed by atoms with E-state index in [2.05, 4.69) is 53.9 Å². The Labute approximate surface area is 415 Å². The highest BCUT2D eigenvalue weighted by Gasteiger charge is 2.39. The minimum atomic E-state index is -0.690. The number of amides is 5. The van der Waals surface area contributed by atoms with Gasteiger partial charge in [-0.2, -0.15) is 5.10 Å². The van der Waals surface area contributed by atoms with E-state index in [0.29, 0.717) is 48.4 Å². The molecule has 4 aliphatic heterocycles. The molecule has 1 saturated carbocycles. The first kappa shape index (κ1) is 47.8. The van der Waals surface area contributed by atoms with Gasteiger partial charge in [-0.15, -0.1) is 5.10 Å². The van der Waals surface area contributed by atoms with E-state index in [4.69, 9.17) is 10.7 Å². The first-order chi connectivity index (χ1) is 34.3. The van der Waals surface area contributed by atoms with Gasteiger partial charge in [0.15, 0.2) is 5.69 Å². The molecule has 3 aromatic carbocycles. The Morgan fingerprint density at radius 1 is 0.887 bits per heavy atom. The second-order valence-electron chi connectivity index (χ2n) is 19.5. The maximum atomic E-state index is 15.7. The first-order valence-electron chi connectivity index (χ1n) is 24.4. The number of benzene rings is 3. The van der Waals surface area contributed by atoms with Crippen molar-refractivity contribution in [3.8, 4) is 0 Å². The maximum absolute atomic E-state index is 15.7. The van der Waals surface area contributed by atoms with Gasteiger partial charge < -0.3 is 26.2 Å². The molecule has 0 bridgehead atoms. The zero-order chi connectivity index (χ0) is 49.2. The highest BCUT2D eigenvalue weighted by atomic mass is 32.2. The SMILES string of the molecule is CC1(N)CCC(c2cnc(Sc3cccc(NC(=O)c4ccc(N5CCC(N6CC=C(c7ccc(C(=O)NCc8ccc9c(c8)CN(C8CCC(=O)NC8=O)C9=O)nn7)CC6)CC5)c(F)c4)c3)cn2)CC1. The van der Waals surface area contributed by atoms with Gasteiger partial charge in [-0.05, 0) is 130 Å². The van der Waals surface area contributed by atoms with Gasteiger partial charge in [0.25, 0.3) is 17.7 Å². The Bertz CT molecular complexity index is 2900. The number of halogens is 1. The molecule has 5 N–H and O–H groups in total. The molecule has 10 rings (SSSR count). The Hall–Kier alpha value is -6.89. The number of nitrogens with two attached hydrogens (primary N) is 1. The number of carbonyl (C=O) groups excluding carboxylic acids is 5. The van der Waals surface area contributed by atoms with Gasteiger partial charge in [0.1, 0.15) is 16.9 Å². The van der Waals surface area contributed by atoms with E-state index in [1.54, 1.807) is 36.5 Å². The van der Waals surface area contributed by atoms with Crippen molar-refractivity contribution in [2.24, 2.45) is 5.73 Å². The van der Waals surface area contributed by atoms with Crippen LogP contribution in [0.15, 0.2) is 101 Å². The number of hydrogen-bond acceptors (Lipinski definition) is 13. The van der Waals surface area contributed by atoms with Crippen LogP contribution in [0.4, 0.5) is 15.8 Å². The highest BCUT2D eigenvalue weighted by Crippen LogP contribution is 2.37. The molecule has 1 unspecified atom stereocenters. The van der Waals surface area contributed by atoms with Gasteiger partial charge in [-0.3, -0.25) is 39.2 Å². The van der Waals surface area contributed by atoms with Gasteiger partial charge in [-0.25, -0.2) is 9.37 Å². The molecule has 5 aliphatic rings. The third kappa shape index (κ3) is 10.9. The molecule has 1 atom stereocenters. The molecular formula is C53H56FN11O5S. The van der Waals surface area contributed by atoms with E-state index in [0.717, 1.165) is 96.0 Å².